The number of benzene rings is 1. The zero-order valence-electron chi connectivity index (χ0n) is 10.6. The van der Waals surface area contributed by atoms with E-state index in [2.05, 4.69) is 10.1 Å². The van der Waals surface area contributed by atoms with E-state index in [-0.39, 0.29) is 18.0 Å². The van der Waals surface area contributed by atoms with E-state index in [0.717, 1.165) is 0 Å². The SMILES string of the molecule is COC(=O)C1CNCCN1S(=O)(=O)c1ccccc1. The molecule has 1 aromatic rings. The average molecular weight is 284 g/mol. The topological polar surface area (TPSA) is 75.7 Å². The number of nitrogens with one attached hydrogen (secondary N) is 1. The quantitative estimate of drug-likeness (QED) is 0.779. The molecule has 7 heteroatoms. The van der Waals surface area contributed by atoms with E-state index in [4.69, 9.17) is 0 Å². The minimum absolute atomic E-state index is 0.186. The molecular formula is C12H16N2O4S. The second kappa shape index (κ2) is 5.68. The molecule has 2 rings (SSSR count). The van der Waals surface area contributed by atoms with Crippen LogP contribution in [0.25, 0.3) is 0 Å². The van der Waals surface area contributed by atoms with Crippen molar-refractivity contribution in [2.75, 3.05) is 26.7 Å². The van der Waals surface area contributed by atoms with Crippen molar-refractivity contribution in [1.82, 2.24) is 9.62 Å². The van der Waals surface area contributed by atoms with Crippen molar-refractivity contribution in [3.8, 4) is 0 Å². The zero-order chi connectivity index (χ0) is 13.9. The lowest BCUT2D eigenvalue weighted by Crippen LogP contribution is -2.57. The molecule has 1 saturated heterocycles. The summed E-state index contributed by atoms with van der Waals surface area (Å²) in [5.74, 6) is -0.549. The molecule has 0 radical (unpaired) electrons. The smallest absolute Gasteiger partial charge is 0.325 e. The van der Waals surface area contributed by atoms with Gasteiger partial charge in [-0.1, -0.05) is 18.2 Å². The molecular weight excluding hydrogens is 268 g/mol. The van der Waals surface area contributed by atoms with E-state index >= 15 is 0 Å². The van der Waals surface area contributed by atoms with Crippen LogP contribution < -0.4 is 5.32 Å². The molecule has 0 spiro atoms. The number of hydrogen-bond donors (Lipinski definition) is 1. The first-order valence-corrected chi connectivity index (χ1v) is 7.37. The summed E-state index contributed by atoms with van der Waals surface area (Å²) in [5, 5.41) is 3.00. The Morgan fingerprint density at radius 1 is 1.37 bits per heavy atom. The molecule has 1 N–H and O–H groups in total. The summed E-state index contributed by atoms with van der Waals surface area (Å²) in [6.45, 7) is 1.02. The number of carbonyl (C=O) groups is 1. The molecule has 0 bridgehead atoms. The lowest BCUT2D eigenvalue weighted by molar-refractivity contribution is -0.145. The lowest BCUT2D eigenvalue weighted by atomic mass is 10.2. The fraction of sp³-hybridized carbons (Fsp3) is 0.417. The first-order valence-electron chi connectivity index (χ1n) is 5.93. The average Bonchev–Trinajstić information content (AvgIpc) is 2.47. The van der Waals surface area contributed by atoms with Gasteiger partial charge in [0.15, 0.2) is 0 Å². The van der Waals surface area contributed by atoms with Crippen molar-refractivity contribution < 1.29 is 17.9 Å². The maximum Gasteiger partial charge on any atom is 0.325 e. The Hall–Kier alpha value is -1.44. The van der Waals surface area contributed by atoms with Gasteiger partial charge in [-0.15, -0.1) is 0 Å². The molecule has 104 valence electrons. The summed E-state index contributed by atoms with van der Waals surface area (Å²) in [6.07, 6.45) is 0. The zero-order valence-corrected chi connectivity index (χ0v) is 11.4. The number of nitrogens with zero attached hydrogens (tertiary/aromatic N) is 1. The van der Waals surface area contributed by atoms with Gasteiger partial charge in [0.05, 0.1) is 12.0 Å². The third-order valence-electron chi connectivity index (χ3n) is 3.02. The number of piperazine rings is 1. The first-order chi connectivity index (χ1) is 9.07. The first kappa shape index (κ1) is 14.0. The molecule has 1 unspecified atom stereocenters. The number of ether oxygens (including phenoxy) is 1. The van der Waals surface area contributed by atoms with E-state index in [1.165, 1.54) is 23.5 Å². The van der Waals surface area contributed by atoms with Gasteiger partial charge in [0.2, 0.25) is 10.0 Å². The van der Waals surface area contributed by atoms with Crippen molar-refractivity contribution >= 4 is 16.0 Å². The standard InChI is InChI=1S/C12H16N2O4S/c1-18-12(15)11-9-13-7-8-14(11)19(16,17)10-5-3-2-4-6-10/h2-6,11,13H,7-9H2,1H3. The van der Waals surface area contributed by atoms with Gasteiger partial charge in [-0.3, -0.25) is 4.79 Å². The monoisotopic (exact) mass is 284 g/mol. The Balaban J connectivity index is 2.35. The van der Waals surface area contributed by atoms with Gasteiger partial charge in [0.25, 0.3) is 0 Å². The van der Waals surface area contributed by atoms with Crippen LogP contribution in [-0.4, -0.2) is 51.5 Å². The van der Waals surface area contributed by atoms with Crippen LogP contribution in [0.1, 0.15) is 0 Å². The van der Waals surface area contributed by atoms with Crippen molar-refractivity contribution in [2.24, 2.45) is 0 Å². The Bertz CT molecular complexity index is 544. The molecule has 1 fully saturated rings. The van der Waals surface area contributed by atoms with Crippen LogP contribution in [0.15, 0.2) is 35.2 Å². The molecule has 0 saturated carbocycles. The highest BCUT2D eigenvalue weighted by Crippen LogP contribution is 2.19. The largest absolute Gasteiger partial charge is 0.468 e. The van der Waals surface area contributed by atoms with Crippen LogP contribution in [0.2, 0.25) is 0 Å². The second-order valence-electron chi connectivity index (χ2n) is 4.17. The minimum Gasteiger partial charge on any atom is -0.468 e. The third-order valence-corrected chi connectivity index (χ3v) is 4.94. The van der Waals surface area contributed by atoms with E-state index in [0.29, 0.717) is 6.54 Å². The van der Waals surface area contributed by atoms with Gasteiger partial charge >= 0.3 is 5.97 Å². The molecule has 1 aromatic carbocycles. The van der Waals surface area contributed by atoms with E-state index < -0.39 is 22.0 Å². The summed E-state index contributed by atoms with van der Waals surface area (Å²) < 4.78 is 30.9. The Morgan fingerprint density at radius 3 is 2.68 bits per heavy atom. The summed E-state index contributed by atoms with van der Waals surface area (Å²) >= 11 is 0. The molecule has 1 aliphatic rings. The Morgan fingerprint density at radius 2 is 2.05 bits per heavy atom. The fourth-order valence-electron chi connectivity index (χ4n) is 2.04. The number of sulfonamides is 1. The van der Waals surface area contributed by atoms with Crippen LogP contribution in [0.3, 0.4) is 0 Å². The van der Waals surface area contributed by atoms with Gasteiger partial charge in [0.1, 0.15) is 6.04 Å². The third kappa shape index (κ3) is 2.78. The lowest BCUT2D eigenvalue weighted by Gasteiger charge is -2.33. The summed E-state index contributed by atoms with van der Waals surface area (Å²) in [5.41, 5.74) is 0. The van der Waals surface area contributed by atoms with Gasteiger partial charge in [-0.05, 0) is 12.1 Å². The molecule has 0 aromatic heterocycles. The minimum atomic E-state index is -3.67. The molecule has 0 aliphatic carbocycles. The summed E-state index contributed by atoms with van der Waals surface area (Å²) in [4.78, 5) is 11.9. The molecule has 1 heterocycles. The number of esters is 1. The van der Waals surface area contributed by atoms with Crippen molar-refractivity contribution in [1.29, 1.82) is 0 Å². The molecule has 1 aliphatic heterocycles. The maximum absolute atomic E-state index is 12.5. The molecule has 19 heavy (non-hydrogen) atoms. The molecule has 0 amide bonds. The van der Waals surface area contributed by atoms with Crippen LogP contribution in [0.4, 0.5) is 0 Å². The second-order valence-corrected chi connectivity index (χ2v) is 6.06. The number of hydrogen-bond acceptors (Lipinski definition) is 5. The van der Waals surface area contributed by atoms with Gasteiger partial charge < -0.3 is 10.1 Å². The highest BCUT2D eigenvalue weighted by molar-refractivity contribution is 7.89. The van der Waals surface area contributed by atoms with Gasteiger partial charge in [0, 0.05) is 19.6 Å². The normalized spacial score (nSPS) is 21.0. The van der Waals surface area contributed by atoms with Crippen molar-refractivity contribution in [2.45, 2.75) is 10.9 Å². The highest BCUT2D eigenvalue weighted by atomic mass is 32.2. The summed E-state index contributed by atoms with van der Waals surface area (Å²) in [6, 6.07) is 7.28. The molecule has 6 nitrogen and oxygen atoms in total. The predicted octanol–water partition coefficient (Wildman–Crippen LogP) is -0.178. The van der Waals surface area contributed by atoms with Crippen LogP contribution >= 0.6 is 0 Å². The van der Waals surface area contributed by atoms with Crippen LogP contribution in [-0.2, 0) is 19.6 Å². The highest BCUT2D eigenvalue weighted by Gasteiger charge is 2.38. The Labute approximate surface area is 112 Å². The fourth-order valence-corrected chi connectivity index (χ4v) is 3.64. The Kier molecular flexibility index (Phi) is 4.18. The van der Waals surface area contributed by atoms with E-state index in [9.17, 15) is 13.2 Å². The predicted molar refractivity (Wildman–Crippen MR) is 69.0 cm³/mol. The van der Waals surface area contributed by atoms with Crippen molar-refractivity contribution in [3.05, 3.63) is 30.3 Å². The van der Waals surface area contributed by atoms with Crippen molar-refractivity contribution in [3.63, 3.8) is 0 Å². The van der Waals surface area contributed by atoms with E-state index in [1.807, 2.05) is 0 Å². The van der Waals surface area contributed by atoms with E-state index in [1.54, 1.807) is 18.2 Å². The van der Waals surface area contributed by atoms with Gasteiger partial charge in [-0.25, -0.2) is 8.42 Å². The van der Waals surface area contributed by atoms with Crippen LogP contribution in [0.5, 0.6) is 0 Å². The maximum atomic E-state index is 12.5. The summed E-state index contributed by atoms with van der Waals surface area (Å²) in [7, 11) is -2.42. The molecule has 1 atom stereocenters. The van der Waals surface area contributed by atoms with Gasteiger partial charge in [-0.2, -0.15) is 4.31 Å². The number of methoxy groups -OCH3 is 1. The number of rotatable bonds is 3. The van der Waals surface area contributed by atoms with Crippen LogP contribution in [0, 0.1) is 0 Å². The number of carbonyl (C=O) groups excluding carboxylic acids is 1.